The van der Waals surface area contributed by atoms with Gasteiger partial charge >= 0.3 is 12.1 Å². The minimum absolute atomic E-state index is 0.324. The van der Waals surface area contributed by atoms with Crippen molar-refractivity contribution in [2.45, 2.75) is 70.1 Å². The number of carbonyl (C=O) groups is 1. The van der Waals surface area contributed by atoms with Crippen LogP contribution < -0.4 is 0 Å². The molecule has 4 saturated carbocycles. The van der Waals surface area contributed by atoms with Crippen molar-refractivity contribution in [3.05, 3.63) is 0 Å². The molecule has 0 aromatic heterocycles. The summed E-state index contributed by atoms with van der Waals surface area (Å²) in [6.45, 7) is 0.956. The summed E-state index contributed by atoms with van der Waals surface area (Å²) in [6, 6.07) is 0. The van der Waals surface area contributed by atoms with Gasteiger partial charge in [-0.25, -0.2) is 8.78 Å². The van der Waals surface area contributed by atoms with Crippen LogP contribution in [0.4, 0.5) is 22.0 Å². The van der Waals surface area contributed by atoms with Crippen LogP contribution in [-0.4, -0.2) is 24.2 Å². The van der Waals surface area contributed by atoms with Gasteiger partial charge in [0.25, 0.3) is 12.0 Å². The number of alkyl halides is 5. The quantitative estimate of drug-likeness (QED) is 0.547. The summed E-state index contributed by atoms with van der Waals surface area (Å²) in [4.78, 5) is 12.5. The first-order valence-corrected chi connectivity index (χ1v) is 8.21. The maximum absolute atomic E-state index is 13.6. The second kappa shape index (κ2) is 5.31. The van der Waals surface area contributed by atoms with Crippen molar-refractivity contribution in [2.75, 3.05) is 0 Å². The molecule has 23 heavy (non-hydrogen) atoms. The van der Waals surface area contributed by atoms with Crippen molar-refractivity contribution in [3.63, 3.8) is 0 Å². The normalized spacial score (nSPS) is 37.7. The predicted octanol–water partition coefficient (Wildman–Crippen LogP) is 4.72. The molecule has 4 bridgehead atoms. The molecule has 1 unspecified atom stereocenters. The van der Waals surface area contributed by atoms with Crippen molar-refractivity contribution in [2.24, 2.45) is 23.2 Å². The van der Waals surface area contributed by atoms with Gasteiger partial charge in [-0.05, 0) is 56.3 Å². The number of rotatable bonds is 4. The SMILES string of the molecule is CCC(F)(F)C(OC(=O)C12CC3CC(CC(C3)C1)C2)C(F)(F)F. The molecule has 2 nitrogen and oxygen atoms in total. The summed E-state index contributed by atoms with van der Waals surface area (Å²) in [5.74, 6) is -4.19. The summed E-state index contributed by atoms with van der Waals surface area (Å²) in [5.41, 5.74) is -0.970. The third-order valence-electron chi connectivity index (χ3n) is 5.85. The molecule has 0 aromatic carbocycles. The van der Waals surface area contributed by atoms with Crippen LogP contribution in [0, 0.1) is 23.2 Å². The summed E-state index contributed by atoms with van der Waals surface area (Å²) >= 11 is 0. The molecule has 0 radical (unpaired) electrons. The number of hydrogen-bond acceptors (Lipinski definition) is 2. The number of esters is 1. The second-order valence-corrected chi connectivity index (χ2v) is 7.64. The summed E-state index contributed by atoms with van der Waals surface area (Å²) < 4.78 is 70.7. The van der Waals surface area contributed by atoms with Crippen molar-refractivity contribution in [1.82, 2.24) is 0 Å². The fraction of sp³-hybridized carbons (Fsp3) is 0.938. The Morgan fingerprint density at radius 2 is 1.48 bits per heavy atom. The average Bonchev–Trinajstić information content (AvgIpc) is 2.41. The van der Waals surface area contributed by atoms with E-state index in [-0.39, 0.29) is 0 Å². The smallest absolute Gasteiger partial charge is 0.431 e. The Balaban J connectivity index is 1.80. The van der Waals surface area contributed by atoms with E-state index in [2.05, 4.69) is 4.74 Å². The number of ether oxygens (including phenoxy) is 1. The third kappa shape index (κ3) is 2.95. The first kappa shape index (κ1) is 17.0. The van der Waals surface area contributed by atoms with Gasteiger partial charge in [0, 0.05) is 6.42 Å². The van der Waals surface area contributed by atoms with Crippen molar-refractivity contribution in [3.8, 4) is 0 Å². The highest BCUT2D eigenvalue weighted by Crippen LogP contribution is 2.60. The van der Waals surface area contributed by atoms with Crippen LogP contribution in [-0.2, 0) is 9.53 Å². The molecule has 0 aliphatic heterocycles. The zero-order chi connectivity index (χ0) is 17.0. The van der Waals surface area contributed by atoms with Gasteiger partial charge in [0.15, 0.2) is 0 Å². The van der Waals surface area contributed by atoms with Crippen molar-refractivity contribution >= 4 is 5.97 Å². The van der Waals surface area contributed by atoms with E-state index in [1.807, 2.05) is 0 Å². The topological polar surface area (TPSA) is 26.3 Å². The molecule has 7 heteroatoms. The first-order valence-electron chi connectivity index (χ1n) is 8.21. The lowest BCUT2D eigenvalue weighted by atomic mass is 9.49. The van der Waals surface area contributed by atoms with Crippen LogP contribution in [0.2, 0.25) is 0 Å². The van der Waals surface area contributed by atoms with Gasteiger partial charge in [-0.2, -0.15) is 13.2 Å². The van der Waals surface area contributed by atoms with E-state index in [0.29, 0.717) is 37.0 Å². The lowest BCUT2D eigenvalue weighted by Crippen LogP contribution is -2.54. The van der Waals surface area contributed by atoms with Gasteiger partial charge in [0.1, 0.15) is 0 Å². The summed E-state index contributed by atoms with van der Waals surface area (Å²) in [7, 11) is 0. The Labute approximate surface area is 131 Å². The maximum atomic E-state index is 13.6. The molecule has 4 fully saturated rings. The molecule has 0 saturated heterocycles. The zero-order valence-electron chi connectivity index (χ0n) is 13.0. The van der Waals surface area contributed by atoms with Crippen LogP contribution in [0.3, 0.4) is 0 Å². The van der Waals surface area contributed by atoms with Crippen LogP contribution >= 0.6 is 0 Å². The lowest BCUT2D eigenvalue weighted by Gasteiger charge is -2.55. The van der Waals surface area contributed by atoms with E-state index < -0.39 is 36.0 Å². The average molecular weight is 340 g/mol. The molecule has 0 aromatic rings. The van der Waals surface area contributed by atoms with E-state index in [1.165, 1.54) is 0 Å². The highest BCUT2D eigenvalue weighted by Gasteiger charge is 2.61. The van der Waals surface area contributed by atoms with E-state index in [4.69, 9.17) is 0 Å². The van der Waals surface area contributed by atoms with E-state index in [0.717, 1.165) is 26.2 Å². The van der Waals surface area contributed by atoms with Crippen LogP contribution in [0.15, 0.2) is 0 Å². The van der Waals surface area contributed by atoms with Gasteiger partial charge < -0.3 is 4.74 Å². The molecule has 132 valence electrons. The summed E-state index contributed by atoms with van der Waals surface area (Å²) in [6.07, 6.45) is -5.18. The molecule has 0 spiro atoms. The Morgan fingerprint density at radius 1 is 1.04 bits per heavy atom. The number of carbonyl (C=O) groups excluding carboxylic acids is 1. The van der Waals surface area contributed by atoms with Gasteiger partial charge in [-0.3, -0.25) is 4.79 Å². The highest BCUT2D eigenvalue weighted by molar-refractivity contribution is 5.78. The lowest BCUT2D eigenvalue weighted by molar-refractivity contribution is -0.283. The zero-order valence-corrected chi connectivity index (χ0v) is 13.0. The van der Waals surface area contributed by atoms with Gasteiger partial charge in [0.2, 0.25) is 0 Å². The number of halogens is 5. The second-order valence-electron chi connectivity index (χ2n) is 7.64. The van der Waals surface area contributed by atoms with Gasteiger partial charge in [-0.1, -0.05) is 6.92 Å². The predicted molar refractivity (Wildman–Crippen MR) is 71.8 cm³/mol. The van der Waals surface area contributed by atoms with Crippen LogP contribution in [0.5, 0.6) is 0 Å². The van der Waals surface area contributed by atoms with E-state index in [9.17, 15) is 26.7 Å². The Morgan fingerprint density at radius 3 is 1.83 bits per heavy atom. The maximum Gasteiger partial charge on any atom is 0.431 e. The number of hydrogen-bond donors (Lipinski definition) is 0. The molecular weight excluding hydrogens is 319 g/mol. The molecule has 0 N–H and O–H groups in total. The minimum atomic E-state index is -5.27. The Bertz CT molecular complexity index is 450. The van der Waals surface area contributed by atoms with E-state index in [1.54, 1.807) is 0 Å². The van der Waals surface area contributed by atoms with Gasteiger partial charge in [0.05, 0.1) is 5.41 Å². The standard InChI is InChI=1S/C16H21F5O2/c1-2-15(17,18)12(16(19,20)21)23-13(22)14-6-9-3-10(7-14)5-11(4-9)8-14/h9-12H,2-8H2,1H3. The molecule has 4 aliphatic rings. The summed E-state index contributed by atoms with van der Waals surface area (Å²) in [5, 5.41) is 0. The van der Waals surface area contributed by atoms with Crippen LogP contribution in [0.25, 0.3) is 0 Å². The van der Waals surface area contributed by atoms with Crippen molar-refractivity contribution < 1.29 is 31.5 Å². The molecule has 1 atom stereocenters. The van der Waals surface area contributed by atoms with Crippen molar-refractivity contribution in [1.29, 1.82) is 0 Å². The molecule has 0 amide bonds. The first-order chi connectivity index (χ1) is 10.6. The molecule has 4 aliphatic carbocycles. The molecule has 4 rings (SSSR count). The largest absolute Gasteiger partial charge is 0.446 e. The minimum Gasteiger partial charge on any atom is -0.446 e. The fourth-order valence-electron chi connectivity index (χ4n) is 5.17. The Kier molecular flexibility index (Phi) is 3.92. The van der Waals surface area contributed by atoms with Crippen LogP contribution in [0.1, 0.15) is 51.9 Å². The molecular formula is C16H21F5O2. The third-order valence-corrected chi connectivity index (χ3v) is 5.85. The van der Waals surface area contributed by atoms with E-state index >= 15 is 0 Å². The highest BCUT2D eigenvalue weighted by atomic mass is 19.4. The Hall–Kier alpha value is -0.880. The fourth-order valence-corrected chi connectivity index (χ4v) is 5.17. The molecule has 0 heterocycles. The van der Waals surface area contributed by atoms with Gasteiger partial charge in [-0.15, -0.1) is 0 Å². The monoisotopic (exact) mass is 340 g/mol.